The Kier molecular flexibility index (Phi) is 16.5. The lowest BCUT2D eigenvalue weighted by Crippen LogP contribution is -2.66. The van der Waals surface area contributed by atoms with Crippen molar-refractivity contribution in [3.05, 3.63) is 23.8 Å². The first-order valence-electron chi connectivity index (χ1n) is 27.3. The van der Waals surface area contributed by atoms with E-state index in [2.05, 4.69) is 47.3 Å². The van der Waals surface area contributed by atoms with Crippen LogP contribution < -0.4 is 0 Å². The Morgan fingerprint density at radius 1 is 0.671 bits per heavy atom. The molecule has 0 radical (unpaired) electrons. The first-order valence-corrected chi connectivity index (χ1v) is 27.3. The van der Waals surface area contributed by atoms with Crippen molar-refractivity contribution in [2.24, 2.45) is 44.8 Å². The van der Waals surface area contributed by atoms with E-state index >= 15 is 4.79 Å². The quantitative estimate of drug-likeness (QED) is 0.0721. The summed E-state index contributed by atoms with van der Waals surface area (Å²) in [5.41, 5.74) is 0.268. The molecule has 2 unspecified atom stereocenters. The van der Waals surface area contributed by atoms with Gasteiger partial charge in [0.2, 0.25) is 6.29 Å². The molecular formula is C54H84O22. The summed E-state index contributed by atoms with van der Waals surface area (Å²) in [5, 5.41) is 119. The molecule has 4 heterocycles. The van der Waals surface area contributed by atoms with Gasteiger partial charge in [0.05, 0.1) is 30.8 Å². The highest BCUT2D eigenvalue weighted by Gasteiger charge is 2.70. The first-order chi connectivity index (χ1) is 35.6. The van der Waals surface area contributed by atoms with E-state index in [9.17, 15) is 61.0 Å². The van der Waals surface area contributed by atoms with Crippen LogP contribution in [0.3, 0.4) is 0 Å². The maximum absolute atomic E-state index is 15.0. The number of rotatable bonds is 11. The second-order valence-corrected chi connectivity index (χ2v) is 25.1. The molecule has 0 bridgehead atoms. The lowest BCUT2D eigenvalue weighted by Gasteiger charge is -2.71. The third-order valence-electron chi connectivity index (χ3n) is 20.7. The normalized spacial score (nSPS) is 52.2. The molecule has 11 N–H and O–H groups in total. The van der Waals surface area contributed by atoms with Gasteiger partial charge in [-0.25, -0.2) is 0 Å². The molecule has 432 valence electrons. The number of aliphatic hydroxyl groups excluding tert-OH is 11. The molecule has 22 heteroatoms. The molecule has 9 aliphatic rings. The summed E-state index contributed by atoms with van der Waals surface area (Å²) in [6.07, 6.45) is -20.8. The van der Waals surface area contributed by atoms with Crippen LogP contribution >= 0.6 is 0 Å². The van der Waals surface area contributed by atoms with Crippen LogP contribution in [0.1, 0.15) is 113 Å². The summed E-state index contributed by atoms with van der Waals surface area (Å²) in [4.78, 5) is 26.9. The van der Waals surface area contributed by atoms with Crippen LogP contribution in [-0.4, -0.2) is 211 Å². The molecule has 9 rings (SSSR count). The Hall–Kier alpha value is -2.30. The third-order valence-corrected chi connectivity index (χ3v) is 20.7. The van der Waals surface area contributed by atoms with E-state index in [1.54, 1.807) is 0 Å². The van der Waals surface area contributed by atoms with Crippen molar-refractivity contribution in [2.75, 3.05) is 19.8 Å². The van der Waals surface area contributed by atoms with Crippen molar-refractivity contribution < 1.29 is 108 Å². The molecule has 0 spiro atoms. The molecule has 0 aromatic heterocycles. The van der Waals surface area contributed by atoms with Gasteiger partial charge in [-0.15, -0.1) is 0 Å². The average Bonchev–Trinajstić information content (AvgIpc) is 3.56. The molecule has 22 nitrogen and oxygen atoms in total. The fourth-order valence-corrected chi connectivity index (χ4v) is 15.9. The lowest BCUT2D eigenvalue weighted by atomic mass is 9.34. The number of hydrogen-bond donors (Lipinski definition) is 11. The van der Waals surface area contributed by atoms with E-state index in [0.717, 1.165) is 38.2 Å². The monoisotopic (exact) mass is 1080 g/mol. The highest BCUT2D eigenvalue weighted by molar-refractivity contribution is 5.79. The molecule has 4 saturated carbocycles. The largest absolute Gasteiger partial charge is 0.463 e. The molecule has 5 aliphatic carbocycles. The lowest BCUT2D eigenvalue weighted by molar-refractivity contribution is -0.361. The van der Waals surface area contributed by atoms with E-state index in [0.29, 0.717) is 38.5 Å². The summed E-state index contributed by atoms with van der Waals surface area (Å²) in [5.74, 6) is -1.10. The van der Waals surface area contributed by atoms with Crippen LogP contribution in [-0.2, 0) is 52.2 Å². The summed E-state index contributed by atoms with van der Waals surface area (Å²) in [6.45, 7) is 17.3. The second kappa shape index (κ2) is 21.5. The number of hydrogen-bond acceptors (Lipinski definition) is 22. The highest BCUT2D eigenvalue weighted by Crippen LogP contribution is 2.75. The number of ether oxygens (including phenoxy) is 9. The highest BCUT2D eigenvalue weighted by atomic mass is 16.8. The van der Waals surface area contributed by atoms with Gasteiger partial charge < -0.3 is 98.8 Å². The Bertz CT molecular complexity index is 2160. The van der Waals surface area contributed by atoms with Crippen molar-refractivity contribution in [2.45, 2.75) is 235 Å². The molecule has 4 saturated heterocycles. The number of esters is 2. The molecule has 27 atom stereocenters. The molecule has 0 aromatic carbocycles. The standard InChI is InChI=1S/C54H84O22/c1-23-11-16-54(18-17-52(7)26(27(54)19-23)9-10-32-51(6)14-13-33(50(4,5)31(51)12-15-53(32,52)8)74-46-40(63)35(58)28(56)20-69-46)49(67)76-48-42(65)38(61)36(59)29(72-48)21-70-45-43(66)39(62)44(30(73-45)22-68-25(3)55)75-47-41(64)37(60)34(57)24(2)71-47/h9,24,27-48,56-66H,1,10-22H2,2-8H3/t24-,27-,28-,29+,30+,31?,32?,33-,34-,35-,36+,37+,38-,39+,40+,41+,42+,43+,44+,45+,46-,47-,48-,51-,52+,53+,54-/m0/s1. The van der Waals surface area contributed by atoms with Gasteiger partial charge in [-0.05, 0) is 105 Å². The second-order valence-electron chi connectivity index (χ2n) is 25.1. The SMILES string of the molecule is C=C1CC[C@]2(C(=O)O[C@@H]3O[C@H](CO[C@@H]4O[C@H](COC(C)=O)[C@@H](O[C@@H]5O[C@@H](C)[C@H](O)[C@@H](O)[C@H]5O)[C@H](O)[C@H]4O)[C@@H](O)[C@H](O)[C@H]3O)CC[C@]3(C)C(=CCC4[C@@]5(C)CC[C@H](O[C@@H]6OC[C@H](O)[C@H](O)[C@H]6O)C(C)(C)C5CC[C@]43C)[C@@H]2C1. The number of aliphatic hydroxyl groups is 11. The molecular weight excluding hydrogens is 1000 g/mol. The van der Waals surface area contributed by atoms with Crippen molar-refractivity contribution in [1.82, 2.24) is 0 Å². The first kappa shape index (κ1) is 58.4. The van der Waals surface area contributed by atoms with E-state index in [-0.39, 0.29) is 52.1 Å². The van der Waals surface area contributed by atoms with Crippen LogP contribution in [0.25, 0.3) is 0 Å². The zero-order valence-electron chi connectivity index (χ0n) is 44.7. The zero-order chi connectivity index (χ0) is 55.4. The maximum Gasteiger partial charge on any atom is 0.315 e. The zero-order valence-corrected chi connectivity index (χ0v) is 44.7. The van der Waals surface area contributed by atoms with Crippen molar-refractivity contribution in [3.8, 4) is 0 Å². The minimum atomic E-state index is -1.90. The van der Waals surface area contributed by atoms with Gasteiger partial charge in [-0.3, -0.25) is 9.59 Å². The number of carbonyl (C=O) groups is 2. The number of fused-ring (bicyclic) bond motifs is 7. The fourth-order valence-electron chi connectivity index (χ4n) is 15.9. The Labute approximate surface area is 443 Å². The van der Waals surface area contributed by atoms with E-state index in [1.165, 1.54) is 12.5 Å². The van der Waals surface area contributed by atoms with Crippen molar-refractivity contribution >= 4 is 11.9 Å². The van der Waals surface area contributed by atoms with Gasteiger partial charge in [-0.1, -0.05) is 58.4 Å². The van der Waals surface area contributed by atoms with E-state index in [4.69, 9.17) is 42.6 Å². The van der Waals surface area contributed by atoms with Gasteiger partial charge in [0, 0.05) is 12.8 Å². The predicted octanol–water partition coefficient (Wildman–Crippen LogP) is -0.268. The molecule has 4 aliphatic heterocycles. The van der Waals surface area contributed by atoms with Crippen molar-refractivity contribution in [3.63, 3.8) is 0 Å². The van der Waals surface area contributed by atoms with Gasteiger partial charge in [-0.2, -0.15) is 0 Å². The van der Waals surface area contributed by atoms with Crippen LogP contribution in [0.15, 0.2) is 23.8 Å². The summed E-state index contributed by atoms with van der Waals surface area (Å²) >= 11 is 0. The summed E-state index contributed by atoms with van der Waals surface area (Å²) in [6, 6.07) is 0. The molecule has 8 fully saturated rings. The van der Waals surface area contributed by atoms with E-state index in [1.807, 2.05) is 0 Å². The fraction of sp³-hybridized carbons (Fsp3) is 0.889. The summed E-state index contributed by atoms with van der Waals surface area (Å²) in [7, 11) is 0. The number of allylic oxidation sites excluding steroid dienone is 3. The maximum atomic E-state index is 15.0. The average molecular weight is 1090 g/mol. The van der Waals surface area contributed by atoms with Crippen molar-refractivity contribution in [1.29, 1.82) is 0 Å². The third kappa shape index (κ3) is 9.75. The van der Waals surface area contributed by atoms with Crippen LogP contribution in [0.2, 0.25) is 0 Å². The Morgan fingerprint density at radius 2 is 1.33 bits per heavy atom. The molecule has 0 amide bonds. The predicted molar refractivity (Wildman–Crippen MR) is 260 cm³/mol. The van der Waals surface area contributed by atoms with Gasteiger partial charge in [0.15, 0.2) is 18.9 Å². The van der Waals surface area contributed by atoms with Gasteiger partial charge in [0.1, 0.15) is 92.1 Å². The number of carbonyl (C=O) groups excluding carboxylic acids is 2. The topological polar surface area (TPSA) is 340 Å². The van der Waals surface area contributed by atoms with Crippen LogP contribution in [0, 0.1) is 44.8 Å². The van der Waals surface area contributed by atoms with E-state index < -0.39 is 147 Å². The minimum Gasteiger partial charge on any atom is -0.463 e. The van der Waals surface area contributed by atoms with Gasteiger partial charge in [0.25, 0.3) is 0 Å². The molecule has 0 aromatic rings. The smallest absolute Gasteiger partial charge is 0.315 e. The van der Waals surface area contributed by atoms with Crippen LogP contribution in [0.5, 0.6) is 0 Å². The minimum absolute atomic E-state index is 0.0962. The Balaban J connectivity index is 0.888. The Morgan fingerprint density at radius 3 is 2.04 bits per heavy atom. The van der Waals surface area contributed by atoms with Gasteiger partial charge >= 0.3 is 11.9 Å². The summed E-state index contributed by atoms with van der Waals surface area (Å²) < 4.78 is 52.5. The van der Waals surface area contributed by atoms with Crippen LogP contribution in [0.4, 0.5) is 0 Å². The molecule has 76 heavy (non-hydrogen) atoms.